The number of hydrogen-bond acceptors (Lipinski definition) is 4. The van der Waals surface area contributed by atoms with Crippen LogP contribution in [0, 0.1) is 11.3 Å². The minimum absolute atomic E-state index is 0.196. The number of ether oxygens (including phenoxy) is 1. The van der Waals surface area contributed by atoms with Crippen molar-refractivity contribution in [3.8, 4) is 6.07 Å². The standard InChI is InChI=1S/C15H21N3O2/c1-15(2,3)20-14(19)18-13(10-17)8-11-4-6-12(9-16)7-5-11/h4-7,13H,8,10,17H2,1-3H3,(H,18,19). The number of benzene rings is 1. The molecule has 0 bridgehead atoms. The molecule has 1 atom stereocenters. The van der Waals surface area contributed by atoms with Gasteiger partial charge < -0.3 is 15.8 Å². The molecule has 20 heavy (non-hydrogen) atoms. The molecule has 5 nitrogen and oxygen atoms in total. The van der Waals surface area contributed by atoms with Gasteiger partial charge >= 0.3 is 6.09 Å². The molecule has 1 aromatic carbocycles. The molecule has 3 N–H and O–H groups in total. The Labute approximate surface area is 119 Å². The molecule has 1 rings (SSSR count). The number of nitrogens with zero attached hydrogens (tertiary/aromatic N) is 1. The van der Waals surface area contributed by atoms with Gasteiger partial charge in [0.15, 0.2) is 0 Å². The van der Waals surface area contributed by atoms with E-state index >= 15 is 0 Å². The Hall–Kier alpha value is -2.06. The summed E-state index contributed by atoms with van der Waals surface area (Å²) in [5.41, 5.74) is 6.76. The smallest absolute Gasteiger partial charge is 0.407 e. The monoisotopic (exact) mass is 275 g/mol. The zero-order chi connectivity index (χ0) is 15.2. The Kier molecular flexibility index (Phi) is 5.53. The molecule has 0 heterocycles. The Morgan fingerprint density at radius 1 is 1.40 bits per heavy atom. The van der Waals surface area contributed by atoms with Gasteiger partial charge in [0.05, 0.1) is 11.6 Å². The molecule has 0 aliphatic heterocycles. The molecule has 1 aromatic rings. The van der Waals surface area contributed by atoms with E-state index in [2.05, 4.69) is 11.4 Å². The third kappa shape index (κ3) is 5.72. The summed E-state index contributed by atoms with van der Waals surface area (Å²) in [5, 5.41) is 11.5. The normalized spacial score (nSPS) is 12.3. The molecule has 0 aromatic heterocycles. The quantitative estimate of drug-likeness (QED) is 0.879. The van der Waals surface area contributed by atoms with Crippen molar-refractivity contribution in [1.29, 1.82) is 5.26 Å². The second-order valence-electron chi connectivity index (χ2n) is 5.59. The molecule has 108 valence electrons. The van der Waals surface area contributed by atoms with Crippen LogP contribution in [0.3, 0.4) is 0 Å². The summed E-state index contributed by atoms with van der Waals surface area (Å²) in [6.07, 6.45) is 0.128. The molecule has 1 amide bonds. The van der Waals surface area contributed by atoms with E-state index in [1.54, 1.807) is 12.1 Å². The summed E-state index contributed by atoms with van der Waals surface area (Å²) in [5.74, 6) is 0. The topological polar surface area (TPSA) is 88.1 Å². The number of rotatable bonds is 4. The van der Waals surface area contributed by atoms with Gasteiger partial charge in [0.1, 0.15) is 5.60 Å². The number of alkyl carbamates (subject to hydrolysis) is 1. The van der Waals surface area contributed by atoms with E-state index in [-0.39, 0.29) is 6.04 Å². The van der Waals surface area contributed by atoms with Gasteiger partial charge in [-0.05, 0) is 44.9 Å². The number of nitrogens with one attached hydrogen (secondary N) is 1. The number of carbonyl (C=O) groups excluding carboxylic acids is 1. The molecule has 0 saturated carbocycles. The molecule has 0 radical (unpaired) electrons. The van der Waals surface area contributed by atoms with Gasteiger partial charge in [0.2, 0.25) is 0 Å². The number of hydrogen-bond donors (Lipinski definition) is 2. The maximum atomic E-state index is 11.7. The van der Waals surface area contributed by atoms with Crippen LogP contribution in [0.5, 0.6) is 0 Å². The number of nitriles is 1. The van der Waals surface area contributed by atoms with E-state index in [1.165, 1.54) is 0 Å². The van der Waals surface area contributed by atoms with Gasteiger partial charge in [-0.25, -0.2) is 4.79 Å². The molecule has 0 spiro atoms. The summed E-state index contributed by atoms with van der Waals surface area (Å²) >= 11 is 0. The second-order valence-corrected chi connectivity index (χ2v) is 5.59. The molecule has 1 unspecified atom stereocenters. The van der Waals surface area contributed by atoms with Crippen LogP contribution in [0.15, 0.2) is 24.3 Å². The van der Waals surface area contributed by atoms with Crippen molar-refractivity contribution < 1.29 is 9.53 Å². The van der Waals surface area contributed by atoms with Crippen LogP contribution < -0.4 is 11.1 Å². The first-order valence-electron chi connectivity index (χ1n) is 6.52. The summed E-state index contributed by atoms with van der Waals surface area (Å²) in [7, 11) is 0. The summed E-state index contributed by atoms with van der Waals surface area (Å²) in [4.78, 5) is 11.7. The van der Waals surface area contributed by atoms with Gasteiger partial charge in [-0.2, -0.15) is 5.26 Å². The predicted octanol–water partition coefficient (Wildman–Crippen LogP) is 1.95. The van der Waals surface area contributed by atoms with Crippen molar-refractivity contribution in [3.63, 3.8) is 0 Å². The summed E-state index contributed by atoms with van der Waals surface area (Å²) in [6.45, 7) is 5.75. The largest absolute Gasteiger partial charge is 0.444 e. The first-order chi connectivity index (χ1) is 9.34. The van der Waals surface area contributed by atoms with E-state index in [0.717, 1.165) is 5.56 Å². The van der Waals surface area contributed by atoms with Gasteiger partial charge in [-0.15, -0.1) is 0 Å². The summed E-state index contributed by atoms with van der Waals surface area (Å²) in [6, 6.07) is 9.08. The van der Waals surface area contributed by atoms with E-state index in [9.17, 15) is 4.79 Å². The average Bonchev–Trinajstić information content (AvgIpc) is 2.36. The third-order valence-corrected chi connectivity index (χ3v) is 2.57. The number of amides is 1. The highest BCUT2D eigenvalue weighted by Gasteiger charge is 2.19. The van der Waals surface area contributed by atoms with Crippen LogP contribution in [0.25, 0.3) is 0 Å². The maximum Gasteiger partial charge on any atom is 0.407 e. The van der Waals surface area contributed by atoms with E-state index in [4.69, 9.17) is 15.7 Å². The zero-order valence-electron chi connectivity index (χ0n) is 12.1. The van der Waals surface area contributed by atoms with E-state index in [1.807, 2.05) is 32.9 Å². The molecule has 0 saturated heterocycles. The fraction of sp³-hybridized carbons (Fsp3) is 0.467. The Balaban J connectivity index is 2.58. The third-order valence-electron chi connectivity index (χ3n) is 2.57. The van der Waals surface area contributed by atoms with Crippen LogP contribution in [0.4, 0.5) is 4.79 Å². The molecule has 0 fully saturated rings. The van der Waals surface area contributed by atoms with Crippen molar-refractivity contribution in [2.45, 2.75) is 38.8 Å². The lowest BCUT2D eigenvalue weighted by Gasteiger charge is -2.23. The Morgan fingerprint density at radius 2 is 2.00 bits per heavy atom. The lowest BCUT2D eigenvalue weighted by molar-refractivity contribution is 0.0506. The zero-order valence-corrected chi connectivity index (χ0v) is 12.1. The molecule has 0 aliphatic carbocycles. The molecular formula is C15H21N3O2. The van der Waals surface area contributed by atoms with Crippen LogP contribution in [-0.2, 0) is 11.2 Å². The van der Waals surface area contributed by atoms with Gasteiger partial charge in [0, 0.05) is 12.6 Å². The Bertz CT molecular complexity index is 483. The molecule has 5 heteroatoms. The minimum Gasteiger partial charge on any atom is -0.444 e. The van der Waals surface area contributed by atoms with Gasteiger partial charge in [-0.1, -0.05) is 12.1 Å². The first kappa shape index (κ1) is 16.0. The number of carbonyl (C=O) groups is 1. The molecule has 0 aliphatic rings. The van der Waals surface area contributed by atoms with Crippen molar-refractivity contribution in [2.75, 3.05) is 6.54 Å². The second kappa shape index (κ2) is 6.92. The van der Waals surface area contributed by atoms with Gasteiger partial charge in [-0.3, -0.25) is 0 Å². The van der Waals surface area contributed by atoms with Crippen LogP contribution in [-0.4, -0.2) is 24.3 Å². The van der Waals surface area contributed by atoms with Crippen molar-refractivity contribution >= 4 is 6.09 Å². The van der Waals surface area contributed by atoms with Crippen molar-refractivity contribution in [3.05, 3.63) is 35.4 Å². The highest BCUT2D eigenvalue weighted by molar-refractivity contribution is 5.68. The lowest BCUT2D eigenvalue weighted by Crippen LogP contribution is -2.44. The van der Waals surface area contributed by atoms with Gasteiger partial charge in [0.25, 0.3) is 0 Å². The van der Waals surface area contributed by atoms with E-state index in [0.29, 0.717) is 18.5 Å². The van der Waals surface area contributed by atoms with Crippen LogP contribution in [0.2, 0.25) is 0 Å². The van der Waals surface area contributed by atoms with Crippen molar-refractivity contribution in [2.24, 2.45) is 5.73 Å². The number of nitrogens with two attached hydrogens (primary N) is 1. The lowest BCUT2D eigenvalue weighted by atomic mass is 10.0. The highest BCUT2D eigenvalue weighted by Crippen LogP contribution is 2.09. The van der Waals surface area contributed by atoms with E-state index < -0.39 is 11.7 Å². The Morgan fingerprint density at radius 3 is 2.45 bits per heavy atom. The SMILES string of the molecule is CC(C)(C)OC(=O)NC(CN)Cc1ccc(C#N)cc1. The van der Waals surface area contributed by atoms with Crippen LogP contribution in [0.1, 0.15) is 31.9 Å². The highest BCUT2D eigenvalue weighted by atomic mass is 16.6. The van der Waals surface area contributed by atoms with Crippen LogP contribution >= 0.6 is 0 Å². The fourth-order valence-electron chi connectivity index (χ4n) is 1.67. The van der Waals surface area contributed by atoms with Crippen molar-refractivity contribution in [1.82, 2.24) is 5.32 Å². The fourth-order valence-corrected chi connectivity index (χ4v) is 1.67. The minimum atomic E-state index is -0.530. The summed E-state index contributed by atoms with van der Waals surface area (Å²) < 4.78 is 5.20. The maximum absolute atomic E-state index is 11.7. The predicted molar refractivity (Wildman–Crippen MR) is 77.1 cm³/mol. The average molecular weight is 275 g/mol. The first-order valence-corrected chi connectivity index (χ1v) is 6.52. The molecular weight excluding hydrogens is 254 g/mol.